The molecule has 1 saturated carbocycles. The van der Waals surface area contributed by atoms with Gasteiger partial charge in [0.1, 0.15) is 11.8 Å². The van der Waals surface area contributed by atoms with Crippen LogP contribution in [-0.4, -0.2) is 35.5 Å². The molecule has 2 aromatic carbocycles. The highest BCUT2D eigenvalue weighted by molar-refractivity contribution is 7.10. The fourth-order valence-electron chi connectivity index (χ4n) is 4.66. The summed E-state index contributed by atoms with van der Waals surface area (Å²) in [4.78, 5) is 42.2. The van der Waals surface area contributed by atoms with Gasteiger partial charge in [-0.3, -0.25) is 14.5 Å². The standard InChI is InChI=1S/C29H32N2O5S/c1-2-36-29(35)21-10-14-23(15-11-21)31(26(33)19-25-9-6-18-37-25)27(20-12-16-24(32)17-13-20)28(34)30-22-7-4-3-5-8-22/h6,9-18,22,27,32H,2-5,7-8,19H2,1H3,(H,30,34)/t27-/m1/s1. The third-order valence-corrected chi connectivity index (χ3v) is 7.37. The molecule has 0 spiro atoms. The second kappa shape index (κ2) is 12.5. The van der Waals surface area contributed by atoms with Crippen LogP contribution in [0, 0.1) is 0 Å². The largest absolute Gasteiger partial charge is 0.508 e. The Hall–Kier alpha value is -3.65. The molecule has 1 atom stereocenters. The fraction of sp³-hybridized carbons (Fsp3) is 0.345. The molecule has 1 aliphatic carbocycles. The summed E-state index contributed by atoms with van der Waals surface area (Å²) in [5.41, 5.74) is 1.44. The lowest BCUT2D eigenvalue weighted by molar-refractivity contribution is -0.127. The number of nitrogens with zero attached hydrogens (tertiary/aromatic N) is 1. The molecule has 1 fully saturated rings. The smallest absolute Gasteiger partial charge is 0.338 e. The first-order valence-electron chi connectivity index (χ1n) is 12.7. The Bertz CT molecular complexity index is 1190. The highest BCUT2D eigenvalue weighted by atomic mass is 32.1. The maximum atomic E-state index is 13.8. The molecular weight excluding hydrogens is 488 g/mol. The molecule has 194 valence electrons. The van der Waals surface area contributed by atoms with Gasteiger partial charge in [0.15, 0.2) is 0 Å². The molecule has 37 heavy (non-hydrogen) atoms. The van der Waals surface area contributed by atoms with E-state index in [0.29, 0.717) is 16.8 Å². The average molecular weight is 521 g/mol. The van der Waals surface area contributed by atoms with Crippen molar-refractivity contribution < 1.29 is 24.2 Å². The normalized spacial score (nSPS) is 14.5. The number of carbonyl (C=O) groups is 3. The zero-order valence-corrected chi connectivity index (χ0v) is 21.7. The van der Waals surface area contributed by atoms with Crippen molar-refractivity contribution in [3.8, 4) is 5.75 Å². The number of esters is 1. The van der Waals surface area contributed by atoms with E-state index < -0.39 is 12.0 Å². The van der Waals surface area contributed by atoms with Crippen molar-refractivity contribution in [2.24, 2.45) is 0 Å². The van der Waals surface area contributed by atoms with Crippen LogP contribution in [0.15, 0.2) is 66.0 Å². The lowest BCUT2D eigenvalue weighted by atomic mass is 9.94. The Labute approximate surface area is 221 Å². The third-order valence-electron chi connectivity index (χ3n) is 6.50. The molecule has 0 bridgehead atoms. The molecule has 2 amide bonds. The van der Waals surface area contributed by atoms with Gasteiger partial charge in [0.25, 0.3) is 0 Å². The number of aromatic hydroxyl groups is 1. The van der Waals surface area contributed by atoms with Gasteiger partial charge in [0.2, 0.25) is 11.8 Å². The van der Waals surface area contributed by atoms with Gasteiger partial charge in [-0.15, -0.1) is 11.3 Å². The third kappa shape index (κ3) is 6.77. The molecule has 7 nitrogen and oxygen atoms in total. The Morgan fingerprint density at radius 3 is 2.35 bits per heavy atom. The quantitative estimate of drug-likeness (QED) is 0.369. The van der Waals surface area contributed by atoms with E-state index in [9.17, 15) is 19.5 Å². The summed E-state index contributed by atoms with van der Waals surface area (Å²) in [6.45, 7) is 2.00. The Balaban J connectivity index is 1.73. The number of nitrogens with one attached hydrogen (secondary N) is 1. The van der Waals surface area contributed by atoms with Crippen LogP contribution >= 0.6 is 11.3 Å². The lowest BCUT2D eigenvalue weighted by Gasteiger charge is -2.33. The summed E-state index contributed by atoms with van der Waals surface area (Å²) in [6, 6.07) is 15.8. The van der Waals surface area contributed by atoms with Gasteiger partial charge in [-0.1, -0.05) is 37.5 Å². The molecule has 8 heteroatoms. The van der Waals surface area contributed by atoms with Gasteiger partial charge in [-0.05, 0) is 73.2 Å². The second-order valence-electron chi connectivity index (χ2n) is 9.12. The predicted octanol–water partition coefficient (Wildman–Crippen LogP) is 5.40. The summed E-state index contributed by atoms with van der Waals surface area (Å²) in [5.74, 6) is -0.893. The zero-order valence-electron chi connectivity index (χ0n) is 20.9. The average Bonchev–Trinajstić information content (AvgIpc) is 3.41. The molecular formula is C29H32N2O5S. The van der Waals surface area contributed by atoms with E-state index in [2.05, 4.69) is 5.32 Å². The van der Waals surface area contributed by atoms with Crippen LogP contribution in [0.25, 0.3) is 0 Å². The highest BCUT2D eigenvalue weighted by Gasteiger charge is 2.34. The first kappa shape index (κ1) is 26.4. The summed E-state index contributed by atoms with van der Waals surface area (Å²) in [5, 5.41) is 15.0. The van der Waals surface area contributed by atoms with Crippen molar-refractivity contribution in [3.05, 3.63) is 82.0 Å². The number of anilines is 1. The van der Waals surface area contributed by atoms with Crippen LogP contribution in [0.3, 0.4) is 0 Å². The Morgan fingerprint density at radius 2 is 1.73 bits per heavy atom. The van der Waals surface area contributed by atoms with Crippen LogP contribution in [0.1, 0.15) is 65.9 Å². The van der Waals surface area contributed by atoms with Gasteiger partial charge in [-0.2, -0.15) is 0 Å². The Kier molecular flexibility index (Phi) is 8.95. The van der Waals surface area contributed by atoms with E-state index in [1.807, 2.05) is 17.5 Å². The van der Waals surface area contributed by atoms with E-state index in [0.717, 1.165) is 37.0 Å². The second-order valence-corrected chi connectivity index (χ2v) is 10.2. The number of phenols is 1. The maximum Gasteiger partial charge on any atom is 0.338 e. The summed E-state index contributed by atoms with van der Waals surface area (Å²) < 4.78 is 5.09. The van der Waals surface area contributed by atoms with Crippen molar-refractivity contribution in [1.82, 2.24) is 5.32 Å². The summed E-state index contributed by atoms with van der Waals surface area (Å²) in [7, 11) is 0. The number of carbonyl (C=O) groups excluding carboxylic acids is 3. The molecule has 0 radical (unpaired) electrons. The molecule has 1 aromatic heterocycles. The maximum absolute atomic E-state index is 13.8. The Morgan fingerprint density at radius 1 is 1.03 bits per heavy atom. The number of benzene rings is 2. The number of amides is 2. The number of hydrogen-bond acceptors (Lipinski definition) is 6. The minimum absolute atomic E-state index is 0.0568. The van der Waals surface area contributed by atoms with E-state index in [4.69, 9.17) is 4.74 Å². The van der Waals surface area contributed by atoms with Crippen LogP contribution in [0.2, 0.25) is 0 Å². The van der Waals surface area contributed by atoms with E-state index >= 15 is 0 Å². The van der Waals surface area contributed by atoms with Crippen LogP contribution in [0.5, 0.6) is 5.75 Å². The number of thiophene rings is 1. The zero-order chi connectivity index (χ0) is 26.2. The molecule has 2 N–H and O–H groups in total. The topological polar surface area (TPSA) is 95.9 Å². The highest BCUT2D eigenvalue weighted by Crippen LogP contribution is 2.31. The van der Waals surface area contributed by atoms with E-state index in [1.54, 1.807) is 43.3 Å². The van der Waals surface area contributed by atoms with Crippen LogP contribution in [0.4, 0.5) is 5.69 Å². The van der Waals surface area contributed by atoms with Crippen molar-refractivity contribution in [1.29, 1.82) is 0 Å². The molecule has 0 aliphatic heterocycles. The predicted molar refractivity (Wildman–Crippen MR) is 144 cm³/mol. The number of phenolic OH excluding ortho intramolecular Hbond substituents is 1. The number of ether oxygens (including phenoxy) is 1. The van der Waals surface area contributed by atoms with Crippen LogP contribution < -0.4 is 10.2 Å². The first-order chi connectivity index (χ1) is 18.0. The number of rotatable bonds is 9. The molecule has 4 rings (SSSR count). The van der Waals surface area contributed by atoms with Gasteiger partial charge in [-0.25, -0.2) is 4.79 Å². The SMILES string of the molecule is CCOC(=O)c1ccc(N(C(=O)Cc2cccs2)[C@@H](C(=O)NC2CCCCC2)c2ccc(O)cc2)cc1. The van der Waals surface area contributed by atoms with Gasteiger partial charge < -0.3 is 15.2 Å². The van der Waals surface area contributed by atoms with Gasteiger partial charge in [0.05, 0.1) is 18.6 Å². The molecule has 1 heterocycles. The van der Waals surface area contributed by atoms with Crippen molar-refractivity contribution in [2.75, 3.05) is 11.5 Å². The minimum Gasteiger partial charge on any atom is -0.508 e. The molecule has 3 aromatic rings. The molecule has 0 unspecified atom stereocenters. The molecule has 1 aliphatic rings. The molecule has 0 saturated heterocycles. The van der Waals surface area contributed by atoms with Gasteiger partial charge >= 0.3 is 5.97 Å². The van der Waals surface area contributed by atoms with Crippen molar-refractivity contribution in [2.45, 2.75) is 57.5 Å². The minimum atomic E-state index is -0.955. The summed E-state index contributed by atoms with van der Waals surface area (Å²) >= 11 is 1.48. The van der Waals surface area contributed by atoms with Gasteiger partial charge in [0, 0.05) is 16.6 Å². The van der Waals surface area contributed by atoms with E-state index in [1.165, 1.54) is 28.4 Å². The fourth-order valence-corrected chi connectivity index (χ4v) is 5.35. The van der Waals surface area contributed by atoms with Crippen molar-refractivity contribution in [3.63, 3.8) is 0 Å². The summed E-state index contributed by atoms with van der Waals surface area (Å²) in [6.07, 6.45) is 5.22. The monoisotopic (exact) mass is 520 g/mol. The van der Waals surface area contributed by atoms with E-state index in [-0.39, 0.29) is 36.6 Å². The van der Waals surface area contributed by atoms with Crippen molar-refractivity contribution >= 4 is 34.8 Å². The lowest BCUT2D eigenvalue weighted by Crippen LogP contribution is -2.47. The number of hydrogen-bond donors (Lipinski definition) is 2. The first-order valence-corrected chi connectivity index (χ1v) is 13.5. The van der Waals surface area contributed by atoms with Crippen LogP contribution in [-0.2, 0) is 20.7 Å².